The lowest BCUT2D eigenvalue weighted by molar-refractivity contribution is 0.215. The van der Waals surface area contributed by atoms with E-state index in [0.29, 0.717) is 0 Å². The Bertz CT molecular complexity index is 108. The van der Waals surface area contributed by atoms with Crippen LogP contribution in [0.5, 0.6) is 0 Å². The molecular formula is C10H19N2. The van der Waals surface area contributed by atoms with Crippen molar-refractivity contribution in [2.45, 2.75) is 25.7 Å². The Morgan fingerprint density at radius 2 is 1.83 bits per heavy atom. The molecule has 2 aliphatic heterocycles. The van der Waals surface area contributed by atoms with Crippen molar-refractivity contribution in [1.82, 2.24) is 10.6 Å². The van der Waals surface area contributed by atoms with E-state index in [-0.39, 0.29) is 0 Å². The summed E-state index contributed by atoms with van der Waals surface area (Å²) in [7, 11) is 0. The van der Waals surface area contributed by atoms with Gasteiger partial charge in [0.05, 0.1) is 0 Å². The Balaban J connectivity index is 1.80. The molecule has 2 aliphatic rings. The zero-order valence-electron chi connectivity index (χ0n) is 7.76. The lowest BCUT2D eigenvalue weighted by Crippen LogP contribution is -2.37. The van der Waals surface area contributed by atoms with E-state index in [1.807, 2.05) is 0 Å². The maximum atomic E-state index is 4.40. The Morgan fingerprint density at radius 1 is 1.00 bits per heavy atom. The first-order chi connectivity index (χ1) is 5.97. The van der Waals surface area contributed by atoms with Crippen molar-refractivity contribution in [1.29, 1.82) is 0 Å². The van der Waals surface area contributed by atoms with Crippen LogP contribution < -0.4 is 10.6 Å². The molecule has 0 bridgehead atoms. The largest absolute Gasteiger partial charge is 0.316 e. The molecule has 0 aromatic carbocycles. The summed E-state index contributed by atoms with van der Waals surface area (Å²) < 4.78 is 0. The van der Waals surface area contributed by atoms with Crippen LogP contribution in [-0.4, -0.2) is 26.2 Å². The van der Waals surface area contributed by atoms with Gasteiger partial charge in [-0.05, 0) is 50.6 Å². The van der Waals surface area contributed by atoms with Gasteiger partial charge in [0, 0.05) is 13.1 Å². The van der Waals surface area contributed by atoms with E-state index in [1.54, 1.807) is 0 Å². The third kappa shape index (κ3) is 1.99. The second kappa shape index (κ2) is 4.24. The lowest BCUT2D eigenvalue weighted by Gasteiger charge is -2.33. The molecule has 0 aromatic rings. The number of nitrogens with zero attached hydrogens (tertiary/aromatic N) is 1. The third-order valence-corrected chi connectivity index (χ3v) is 3.32. The molecule has 2 fully saturated rings. The van der Waals surface area contributed by atoms with Gasteiger partial charge in [-0.15, -0.1) is 0 Å². The SMILES string of the molecule is C1CNCC(C2CC[N]CC2)C1. The first-order valence-corrected chi connectivity index (χ1v) is 5.31. The van der Waals surface area contributed by atoms with E-state index in [4.69, 9.17) is 0 Å². The summed E-state index contributed by atoms with van der Waals surface area (Å²) in [6, 6.07) is 0. The van der Waals surface area contributed by atoms with Crippen LogP contribution in [0.3, 0.4) is 0 Å². The predicted molar refractivity (Wildman–Crippen MR) is 50.2 cm³/mol. The quantitative estimate of drug-likeness (QED) is 0.619. The maximum absolute atomic E-state index is 4.40. The van der Waals surface area contributed by atoms with Crippen LogP contribution in [-0.2, 0) is 0 Å². The van der Waals surface area contributed by atoms with Gasteiger partial charge in [0.2, 0.25) is 0 Å². The van der Waals surface area contributed by atoms with Gasteiger partial charge in [-0.1, -0.05) is 0 Å². The van der Waals surface area contributed by atoms with Gasteiger partial charge >= 0.3 is 0 Å². The Labute approximate surface area is 75.1 Å². The number of rotatable bonds is 1. The van der Waals surface area contributed by atoms with Gasteiger partial charge in [-0.25, -0.2) is 5.32 Å². The second-order valence-corrected chi connectivity index (χ2v) is 4.11. The average molecular weight is 167 g/mol. The van der Waals surface area contributed by atoms with E-state index in [1.165, 1.54) is 38.8 Å². The molecule has 2 heteroatoms. The highest BCUT2D eigenvalue weighted by atomic mass is 14.9. The number of piperidine rings is 2. The molecule has 12 heavy (non-hydrogen) atoms. The van der Waals surface area contributed by atoms with Crippen molar-refractivity contribution in [2.24, 2.45) is 11.8 Å². The standard InChI is InChI=1S/C10H19N2/c1-2-10(8-12-5-1)9-3-6-11-7-4-9/h9-10,12H,1-8H2. The molecule has 69 valence electrons. The van der Waals surface area contributed by atoms with Crippen LogP contribution in [0.4, 0.5) is 0 Å². The van der Waals surface area contributed by atoms with Crippen molar-refractivity contribution in [3.8, 4) is 0 Å². The molecule has 0 spiro atoms. The normalized spacial score (nSPS) is 33.5. The molecule has 2 nitrogen and oxygen atoms in total. The van der Waals surface area contributed by atoms with Gasteiger partial charge in [0.25, 0.3) is 0 Å². The van der Waals surface area contributed by atoms with E-state index >= 15 is 0 Å². The van der Waals surface area contributed by atoms with E-state index in [9.17, 15) is 0 Å². The number of hydrogen-bond acceptors (Lipinski definition) is 1. The molecule has 1 radical (unpaired) electrons. The van der Waals surface area contributed by atoms with Gasteiger partial charge < -0.3 is 5.32 Å². The molecule has 1 N–H and O–H groups in total. The van der Waals surface area contributed by atoms with Crippen LogP contribution in [0.2, 0.25) is 0 Å². The number of nitrogens with one attached hydrogen (secondary N) is 1. The summed E-state index contributed by atoms with van der Waals surface area (Å²) in [4.78, 5) is 0. The second-order valence-electron chi connectivity index (χ2n) is 4.11. The van der Waals surface area contributed by atoms with Gasteiger partial charge in [0.1, 0.15) is 0 Å². The molecule has 0 saturated carbocycles. The van der Waals surface area contributed by atoms with E-state index in [0.717, 1.165) is 24.9 Å². The van der Waals surface area contributed by atoms with Crippen LogP contribution in [0.15, 0.2) is 0 Å². The first-order valence-electron chi connectivity index (χ1n) is 5.31. The monoisotopic (exact) mass is 167 g/mol. The first kappa shape index (κ1) is 8.52. The Kier molecular flexibility index (Phi) is 3.01. The summed E-state index contributed by atoms with van der Waals surface area (Å²) in [5, 5.41) is 7.90. The average Bonchev–Trinajstić information content (AvgIpc) is 2.21. The van der Waals surface area contributed by atoms with Crippen LogP contribution in [0.25, 0.3) is 0 Å². The van der Waals surface area contributed by atoms with E-state index in [2.05, 4.69) is 10.6 Å². The smallest absolute Gasteiger partial charge is 0.0136 e. The fourth-order valence-corrected chi connectivity index (χ4v) is 2.52. The van der Waals surface area contributed by atoms with Crippen LogP contribution in [0, 0.1) is 11.8 Å². The molecular weight excluding hydrogens is 148 g/mol. The summed E-state index contributed by atoms with van der Waals surface area (Å²) in [5.74, 6) is 1.95. The highest BCUT2D eigenvalue weighted by molar-refractivity contribution is 4.79. The highest BCUT2D eigenvalue weighted by Crippen LogP contribution is 2.27. The molecule has 1 unspecified atom stereocenters. The lowest BCUT2D eigenvalue weighted by atomic mass is 9.81. The molecule has 1 atom stereocenters. The minimum Gasteiger partial charge on any atom is -0.316 e. The van der Waals surface area contributed by atoms with Crippen molar-refractivity contribution in [2.75, 3.05) is 26.2 Å². The van der Waals surface area contributed by atoms with Gasteiger partial charge in [-0.3, -0.25) is 0 Å². The molecule has 2 saturated heterocycles. The van der Waals surface area contributed by atoms with Crippen LogP contribution in [0.1, 0.15) is 25.7 Å². The zero-order chi connectivity index (χ0) is 8.23. The summed E-state index contributed by atoms with van der Waals surface area (Å²) in [6.07, 6.45) is 5.55. The minimum atomic E-state index is 0.967. The summed E-state index contributed by atoms with van der Waals surface area (Å²) in [6.45, 7) is 4.76. The molecule has 0 amide bonds. The van der Waals surface area contributed by atoms with Crippen molar-refractivity contribution >= 4 is 0 Å². The van der Waals surface area contributed by atoms with Crippen LogP contribution >= 0.6 is 0 Å². The minimum absolute atomic E-state index is 0.967. The summed E-state index contributed by atoms with van der Waals surface area (Å²) in [5.41, 5.74) is 0. The van der Waals surface area contributed by atoms with Crippen molar-refractivity contribution in [3.05, 3.63) is 0 Å². The van der Waals surface area contributed by atoms with Crippen molar-refractivity contribution in [3.63, 3.8) is 0 Å². The Morgan fingerprint density at radius 3 is 2.50 bits per heavy atom. The van der Waals surface area contributed by atoms with Crippen molar-refractivity contribution < 1.29 is 0 Å². The van der Waals surface area contributed by atoms with E-state index < -0.39 is 0 Å². The third-order valence-electron chi connectivity index (χ3n) is 3.32. The fourth-order valence-electron chi connectivity index (χ4n) is 2.52. The maximum Gasteiger partial charge on any atom is 0.0136 e. The molecule has 0 aliphatic carbocycles. The van der Waals surface area contributed by atoms with Gasteiger partial charge in [-0.2, -0.15) is 0 Å². The fraction of sp³-hybridized carbons (Fsp3) is 1.00. The molecule has 2 rings (SSSR count). The topological polar surface area (TPSA) is 26.1 Å². The molecule has 0 aromatic heterocycles. The molecule has 2 heterocycles. The predicted octanol–water partition coefficient (Wildman–Crippen LogP) is 1.00. The number of hydrogen-bond donors (Lipinski definition) is 1. The summed E-state index contributed by atoms with van der Waals surface area (Å²) >= 11 is 0. The van der Waals surface area contributed by atoms with Gasteiger partial charge in [0.15, 0.2) is 0 Å². The Hall–Kier alpha value is -0.0800. The highest BCUT2D eigenvalue weighted by Gasteiger charge is 2.24. The zero-order valence-corrected chi connectivity index (χ0v) is 7.76.